The van der Waals surface area contributed by atoms with Gasteiger partial charge in [0.15, 0.2) is 0 Å². The molecule has 0 radical (unpaired) electrons. The molecule has 12 heteroatoms. The zero-order valence-corrected chi connectivity index (χ0v) is 20.7. The van der Waals surface area contributed by atoms with E-state index in [1.807, 2.05) is 39.0 Å². The van der Waals surface area contributed by atoms with E-state index >= 15 is 0 Å². The maximum Gasteiger partial charge on any atom is 0.238 e. The number of nitrogens with two attached hydrogens (primary N) is 1. The molecule has 1 amide bonds. The highest BCUT2D eigenvalue weighted by molar-refractivity contribution is 5.75. The third-order valence-electron chi connectivity index (χ3n) is 6.04. The van der Waals surface area contributed by atoms with Gasteiger partial charge in [0.1, 0.15) is 36.8 Å². The van der Waals surface area contributed by atoms with Gasteiger partial charge in [0.25, 0.3) is 0 Å². The Morgan fingerprint density at radius 2 is 2.00 bits per heavy atom. The van der Waals surface area contributed by atoms with Gasteiger partial charge in [-0.3, -0.25) is 9.89 Å². The second-order valence-corrected chi connectivity index (χ2v) is 9.15. The van der Waals surface area contributed by atoms with Crippen molar-refractivity contribution in [2.75, 3.05) is 26.3 Å². The minimum Gasteiger partial charge on any atom is -0.492 e. The molecule has 200 valence electrons. The van der Waals surface area contributed by atoms with Crippen LogP contribution in [0.25, 0.3) is 0 Å². The molecule has 5 atom stereocenters. The second-order valence-electron chi connectivity index (χ2n) is 9.15. The Kier molecular flexibility index (Phi) is 9.65. The van der Waals surface area contributed by atoms with Gasteiger partial charge in [-0.2, -0.15) is 0 Å². The van der Waals surface area contributed by atoms with Gasteiger partial charge in [0.2, 0.25) is 18.1 Å². The molecular weight excluding hydrogens is 472 g/mol. The van der Waals surface area contributed by atoms with Crippen molar-refractivity contribution in [3.05, 3.63) is 40.6 Å². The molecule has 0 spiro atoms. The van der Waals surface area contributed by atoms with E-state index in [2.05, 4.69) is 15.5 Å². The maximum absolute atomic E-state index is 10.8. The molecule has 8 N–H and O–H groups in total. The van der Waals surface area contributed by atoms with E-state index in [0.717, 1.165) is 22.4 Å². The Hall–Kier alpha value is -2.74. The molecule has 1 aromatic heterocycles. The Balaban J connectivity index is 1.74. The van der Waals surface area contributed by atoms with Crippen molar-refractivity contribution >= 4 is 5.91 Å². The second kappa shape index (κ2) is 12.5. The lowest BCUT2D eigenvalue weighted by atomic mass is 9.96. The number of nitrogens with one attached hydrogen (secondary N) is 2. The summed E-state index contributed by atoms with van der Waals surface area (Å²) in [6.45, 7) is 6.37. The van der Waals surface area contributed by atoms with Crippen molar-refractivity contribution in [2.24, 2.45) is 5.73 Å². The fourth-order valence-corrected chi connectivity index (χ4v) is 3.98. The molecule has 36 heavy (non-hydrogen) atoms. The first-order chi connectivity index (χ1) is 17.1. The molecule has 2 heterocycles. The van der Waals surface area contributed by atoms with Crippen molar-refractivity contribution in [2.45, 2.75) is 63.8 Å². The van der Waals surface area contributed by atoms with Crippen molar-refractivity contribution in [3.63, 3.8) is 0 Å². The zero-order chi connectivity index (χ0) is 26.4. The number of benzene rings is 1. The Morgan fingerprint density at radius 3 is 2.64 bits per heavy atom. The van der Waals surface area contributed by atoms with Crippen LogP contribution in [0.15, 0.2) is 18.2 Å². The Bertz CT molecular complexity index is 1010. The third-order valence-corrected chi connectivity index (χ3v) is 6.04. The quantitative estimate of drug-likeness (QED) is 0.176. The number of aromatic nitrogens is 2. The molecule has 0 bridgehead atoms. The van der Waals surface area contributed by atoms with Crippen LogP contribution in [0.4, 0.5) is 0 Å². The number of aliphatic hydroxyl groups excluding tert-OH is 4. The standard InChI is InChI=1S/C24H36N4O8/c1-12(2)19-16(9-14-4-5-15(8-13(14)3)34-7-6-26-10-18(25)30)23(28-27-19)36-24-22(33)21(32)20(31)17(11-29)35-24/h4-5,8,12,17,20-22,24,26,29,31-33H,6-7,9-11H2,1-3H3,(H2,25,30)(H,27,28)/t17-,20-,21+,22-,24+/m1/s1. The summed E-state index contributed by atoms with van der Waals surface area (Å²) in [5.41, 5.74) is 8.67. The Labute approximate surface area is 209 Å². The summed E-state index contributed by atoms with van der Waals surface area (Å²) in [7, 11) is 0. The number of rotatable bonds is 12. The highest BCUT2D eigenvalue weighted by atomic mass is 16.7. The smallest absolute Gasteiger partial charge is 0.238 e. The average molecular weight is 509 g/mol. The molecule has 12 nitrogen and oxygen atoms in total. The fourth-order valence-electron chi connectivity index (χ4n) is 3.98. The summed E-state index contributed by atoms with van der Waals surface area (Å²) >= 11 is 0. The first kappa shape index (κ1) is 27.8. The molecule has 0 unspecified atom stereocenters. The molecule has 3 rings (SSSR count). The predicted octanol–water partition coefficient (Wildman–Crippen LogP) is -0.935. The number of aryl methyl sites for hydroxylation is 1. The molecule has 1 aliphatic heterocycles. The van der Waals surface area contributed by atoms with Crippen molar-refractivity contribution in [1.82, 2.24) is 15.5 Å². The van der Waals surface area contributed by atoms with E-state index in [4.69, 9.17) is 19.9 Å². The minimum atomic E-state index is -1.55. The fraction of sp³-hybridized carbons (Fsp3) is 0.583. The van der Waals surface area contributed by atoms with Crippen LogP contribution in [-0.4, -0.2) is 93.5 Å². The van der Waals surface area contributed by atoms with Crippen LogP contribution in [0, 0.1) is 6.92 Å². The first-order valence-electron chi connectivity index (χ1n) is 11.9. The number of aliphatic hydroxyl groups is 4. The minimum absolute atomic E-state index is 0.0930. The van der Waals surface area contributed by atoms with Gasteiger partial charge in [-0.25, -0.2) is 0 Å². The normalized spacial score (nSPS) is 24.2. The van der Waals surface area contributed by atoms with Crippen molar-refractivity contribution in [3.8, 4) is 11.6 Å². The van der Waals surface area contributed by atoms with Crippen LogP contribution in [0.5, 0.6) is 11.6 Å². The average Bonchev–Trinajstić information content (AvgIpc) is 3.23. The lowest BCUT2D eigenvalue weighted by Gasteiger charge is -2.39. The SMILES string of the molecule is Cc1cc(OCCNCC(N)=O)ccc1Cc1c(O[C@@H]2O[C@H](CO)[C@@H](O)[C@H](O)[C@H]2O)n[nH]c1C(C)C. The van der Waals surface area contributed by atoms with E-state index in [-0.39, 0.29) is 18.3 Å². The van der Waals surface area contributed by atoms with Crippen LogP contribution >= 0.6 is 0 Å². The van der Waals surface area contributed by atoms with E-state index in [1.165, 1.54) is 0 Å². The van der Waals surface area contributed by atoms with Gasteiger partial charge in [-0.15, -0.1) is 5.10 Å². The summed E-state index contributed by atoms with van der Waals surface area (Å²) in [5, 5.41) is 50.1. The summed E-state index contributed by atoms with van der Waals surface area (Å²) in [5.74, 6) is 0.551. The molecule has 1 fully saturated rings. The third kappa shape index (κ3) is 6.72. The number of H-pyrrole nitrogens is 1. The van der Waals surface area contributed by atoms with E-state index in [0.29, 0.717) is 25.3 Å². The van der Waals surface area contributed by atoms with Crippen LogP contribution in [0.3, 0.4) is 0 Å². The molecule has 0 saturated carbocycles. The topological polar surface area (TPSA) is 192 Å². The number of ether oxygens (including phenoxy) is 3. The van der Waals surface area contributed by atoms with Crippen LogP contribution in [-0.2, 0) is 16.0 Å². The zero-order valence-electron chi connectivity index (χ0n) is 20.7. The molecule has 2 aromatic rings. The van der Waals surface area contributed by atoms with Crippen molar-refractivity contribution < 1.29 is 39.4 Å². The van der Waals surface area contributed by atoms with Gasteiger partial charge in [-0.05, 0) is 36.1 Å². The number of aromatic amines is 1. The van der Waals surface area contributed by atoms with Crippen molar-refractivity contribution in [1.29, 1.82) is 0 Å². The molecule has 0 aliphatic carbocycles. The maximum atomic E-state index is 10.8. The largest absolute Gasteiger partial charge is 0.492 e. The van der Waals surface area contributed by atoms with Crippen LogP contribution in [0.1, 0.15) is 42.1 Å². The highest BCUT2D eigenvalue weighted by Gasteiger charge is 2.45. The van der Waals surface area contributed by atoms with Crippen LogP contribution < -0.4 is 20.5 Å². The summed E-state index contributed by atoms with van der Waals surface area (Å²) in [6.07, 6.45) is -6.51. The van der Waals surface area contributed by atoms with E-state index in [1.54, 1.807) is 0 Å². The van der Waals surface area contributed by atoms with Gasteiger partial charge in [0.05, 0.1) is 13.2 Å². The molecule has 1 saturated heterocycles. The van der Waals surface area contributed by atoms with E-state index in [9.17, 15) is 25.2 Å². The number of primary amides is 1. The lowest BCUT2D eigenvalue weighted by Crippen LogP contribution is -2.60. The molecule has 1 aliphatic rings. The van der Waals surface area contributed by atoms with E-state index < -0.39 is 43.2 Å². The predicted molar refractivity (Wildman–Crippen MR) is 129 cm³/mol. The van der Waals surface area contributed by atoms with Gasteiger partial charge < -0.3 is 45.7 Å². The first-order valence-corrected chi connectivity index (χ1v) is 11.9. The molecular formula is C24H36N4O8. The number of nitrogens with zero attached hydrogens (tertiary/aromatic N) is 1. The molecule has 1 aromatic carbocycles. The number of carbonyl (C=O) groups is 1. The highest BCUT2D eigenvalue weighted by Crippen LogP contribution is 2.32. The van der Waals surface area contributed by atoms with Gasteiger partial charge in [-0.1, -0.05) is 19.9 Å². The van der Waals surface area contributed by atoms with Crippen LogP contribution in [0.2, 0.25) is 0 Å². The van der Waals surface area contributed by atoms with Gasteiger partial charge in [0, 0.05) is 24.2 Å². The lowest BCUT2D eigenvalue weighted by molar-refractivity contribution is -0.278. The number of hydrogen-bond donors (Lipinski definition) is 7. The Morgan fingerprint density at radius 1 is 1.25 bits per heavy atom. The number of amides is 1. The number of carbonyl (C=O) groups excluding carboxylic acids is 1. The monoisotopic (exact) mass is 508 g/mol. The van der Waals surface area contributed by atoms with Gasteiger partial charge >= 0.3 is 0 Å². The number of hydrogen-bond acceptors (Lipinski definition) is 10. The summed E-state index contributed by atoms with van der Waals surface area (Å²) < 4.78 is 17.1. The summed E-state index contributed by atoms with van der Waals surface area (Å²) in [4.78, 5) is 10.8. The summed E-state index contributed by atoms with van der Waals surface area (Å²) in [6, 6.07) is 5.70.